The smallest absolute Gasteiger partial charge is 0.243 e. The highest BCUT2D eigenvalue weighted by Crippen LogP contribution is 2.04. The highest BCUT2D eigenvalue weighted by Gasteiger charge is 2.02. The predicted octanol–water partition coefficient (Wildman–Crippen LogP) is 1.26. The van der Waals surface area contributed by atoms with Gasteiger partial charge >= 0.3 is 0 Å². The van der Waals surface area contributed by atoms with E-state index in [9.17, 15) is 9.59 Å². The van der Waals surface area contributed by atoms with Crippen LogP contribution in [0.3, 0.4) is 0 Å². The second-order valence-corrected chi connectivity index (χ2v) is 4.53. The van der Waals surface area contributed by atoms with Crippen LogP contribution in [0.25, 0.3) is 0 Å². The quantitative estimate of drug-likeness (QED) is 0.301. The van der Waals surface area contributed by atoms with Crippen molar-refractivity contribution in [3.8, 4) is 0 Å². The molecule has 3 N–H and O–H groups in total. The van der Waals surface area contributed by atoms with E-state index in [1.165, 1.54) is 11.3 Å². The molecule has 0 aliphatic heterocycles. The number of carbonyl (C=O) groups is 2. The third-order valence-electron chi connectivity index (χ3n) is 2.11. The lowest BCUT2D eigenvalue weighted by Crippen LogP contribution is -2.19. The molecule has 1 aromatic rings. The first-order chi connectivity index (χ1) is 8.72. The van der Waals surface area contributed by atoms with Gasteiger partial charge < -0.3 is 0 Å². The fourth-order valence-corrected chi connectivity index (χ4v) is 1.80. The molecule has 6 nitrogen and oxygen atoms in total. The van der Waals surface area contributed by atoms with E-state index >= 15 is 0 Å². The topological polar surface area (TPSA) is 90.8 Å². The van der Waals surface area contributed by atoms with Gasteiger partial charge in [-0.3, -0.25) is 14.8 Å². The van der Waals surface area contributed by atoms with Crippen molar-refractivity contribution in [1.82, 2.24) is 10.9 Å². The number of thiophene rings is 1. The summed E-state index contributed by atoms with van der Waals surface area (Å²) in [6.45, 7) is 0. The van der Waals surface area contributed by atoms with Crippen LogP contribution in [0.1, 0.15) is 30.6 Å². The van der Waals surface area contributed by atoms with Gasteiger partial charge in [-0.15, -0.1) is 11.3 Å². The summed E-state index contributed by atoms with van der Waals surface area (Å²) in [5.74, 6) is -0.627. The second kappa shape index (κ2) is 8.37. The lowest BCUT2D eigenvalue weighted by molar-refractivity contribution is -0.129. The average molecular weight is 269 g/mol. The van der Waals surface area contributed by atoms with Gasteiger partial charge in [-0.05, 0) is 24.3 Å². The summed E-state index contributed by atoms with van der Waals surface area (Å²) in [6, 6.07) is 3.80. The van der Waals surface area contributed by atoms with Crippen molar-refractivity contribution in [3.05, 3.63) is 22.4 Å². The second-order valence-electron chi connectivity index (χ2n) is 3.55. The van der Waals surface area contributed by atoms with Crippen molar-refractivity contribution in [2.24, 2.45) is 5.10 Å². The van der Waals surface area contributed by atoms with Crippen molar-refractivity contribution in [1.29, 1.82) is 0 Å². The maximum absolute atomic E-state index is 11.3. The third-order valence-corrected chi connectivity index (χ3v) is 2.91. The van der Waals surface area contributed by atoms with Gasteiger partial charge in [-0.2, -0.15) is 5.10 Å². The van der Waals surface area contributed by atoms with Gasteiger partial charge in [0.05, 0.1) is 6.21 Å². The molecule has 0 saturated carbocycles. The Bertz CT molecular complexity index is 404. The highest BCUT2D eigenvalue weighted by atomic mass is 32.1. The van der Waals surface area contributed by atoms with E-state index in [0.29, 0.717) is 19.3 Å². The van der Waals surface area contributed by atoms with Crippen molar-refractivity contribution in [3.63, 3.8) is 0 Å². The zero-order valence-corrected chi connectivity index (χ0v) is 10.6. The van der Waals surface area contributed by atoms with Crippen LogP contribution in [0.5, 0.6) is 0 Å². The molecule has 2 amide bonds. The normalized spacial score (nSPS) is 10.5. The minimum Gasteiger partial charge on any atom is -0.289 e. The Morgan fingerprint density at radius 1 is 1.33 bits per heavy atom. The summed E-state index contributed by atoms with van der Waals surface area (Å²) < 4.78 is 0. The fraction of sp³-hybridized carbons (Fsp3) is 0.364. The van der Waals surface area contributed by atoms with Crippen LogP contribution in [-0.4, -0.2) is 23.2 Å². The van der Waals surface area contributed by atoms with E-state index in [-0.39, 0.29) is 12.3 Å². The molecule has 0 aromatic carbocycles. The summed E-state index contributed by atoms with van der Waals surface area (Å²) in [7, 11) is 0. The molecule has 0 saturated heterocycles. The van der Waals surface area contributed by atoms with Crippen molar-refractivity contribution in [2.45, 2.75) is 25.7 Å². The zero-order valence-electron chi connectivity index (χ0n) is 9.76. The summed E-state index contributed by atoms with van der Waals surface area (Å²) >= 11 is 1.53. The Hall–Kier alpha value is -1.73. The number of unbranched alkanes of at least 4 members (excludes halogenated alkanes) is 1. The van der Waals surface area contributed by atoms with Gasteiger partial charge in [0.15, 0.2) is 0 Å². The molecule has 98 valence electrons. The van der Waals surface area contributed by atoms with E-state index in [0.717, 1.165) is 4.88 Å². The van der Waals surface area contributed by atoms with Gasteiger partial charge in [-0.1, -0.05) is 6.07 Å². The molecule has 0 spiro atoms. The average Bonchev–Trinajstić information content (AvgIpc) is 2.87. The number of hydrazone groups is 1. The standard InChI is InChI=1S/C11H15N3O3S/c15-10(5-1-2-6-11(16)14-17)13-12-8-9-4-3-7-18-9/h3-4,7-8,17H,1-2,5-6H2,(H,13,15)(H,14,16)/b12-8+. The summed E-state index contributed by atoms with van der Waals surface area (Å²) in [5, 5.41) is 14.0. The van der Waals surface area contributed by atoms with Crippen molar-refractivity contribution >= 4 is 29.4 Å². The summed E-state index contributed by atoms with van der Waals surface area (Å²) in [4.78, 5) is 23.0. The molecule has 0 aliphatic rings. The van der Waals surface area contributed by atoms with E-state index < -0.39 is 5.91 Å². The maximum Gasteiger partial charge on any atom is 0.243 e. The molecule has 0 unspecified atom stereocenters. The molecule has 7 heteroatoms. The number of amides is 2. The number of rotatable bonds is 7. The largest absolute Gasteiger partial charge is 0.289 e. The molecule has 0 bridgehead atoms. The lowest BCUT2D eigenvalue weighted by Gasteiger charge is -1.99. The number of nitrogens with zero attached hydrogens (tertiary/aromatic N) is 1. The first kappa shape index (κ1) is 14.3. The van der Waals surface area contributed by atoms with Gasteiger partial charge in [0.25, 0.3) is 0 Å². The van der Waals surface area contributed by atoms with Gasteiger partial charge in [0, 0.05) is 17.7 Å². The number of hydrogen-bond acceptors (Lipinski definition) is 5. The van der Waals surface area contributed by atoms with Crippen LogP contribution in [0.4, 0.5) is 0 Å². The van der Waals surface area contributed by atoms with Gasteiger partial charge in [-0.25, -0.2) is 10.9 Å². The van der Waals surface area contributed by atoms with Crippen molar-refractivity contribution in [2.75, 3.05) is 0 Å². The van der Waals surface area contributed by atoms with Crippen LogP contribution >= 0.6 is 11.3 Å². The fourth-order valence-electron chi connectivity index (χ4n) is 1.22. The number of hydrogen-bond donors (Lipinski definition) is 3. The molecule has 0 radical (unpaired) electrons. The first-order valence-corrected chi connectivity index (χ1v) is 6.38. The molecular formula is C11H15N3O3S. The molecule has 18 heavy (non-hydrogen) atoms. The maximum atomic E-state index is 11.3. The van der Waals surface area contributed by atoms with Crippen molar-refractivity contribution < 1.29 is 14.8 Å². The molecule has 1 aromatic heterocycles. The monoisotopic (exact) mass is 269 g/mol. The third kappa shape index (κ3) is 6.12. The lowest BCUT2D eigenvalue weighted by atomic mass is 10.2. The summed E-state index contributed by atoms with van der Waals surface area (Å²) in [6.07, 6.45) is 3.23. The SMILES string of the molecule is O=C(CCCCC(=O)N/N=C/c1cccs1)NO. The summed E-state index contributed by atoms with van der Waals surface area (Å²) in [5.41, 5.74) is 3.95. The Morgan fingerprint density at radius 2 is 2.06 bits per heavy atom. The molecule has 1 heterocycles. The highest BCUT2D eigenvalue weighted by molar-refractivity contribution is 7.11. The molecule has 1 rings (SSSR count). The molecule has 0 fully saturated rings. The van der Waals surface area contributed by atoms with E-state index in [1.807, 2.05) is 17.5 Å². The Labute approximate surface area is 109 Å². The van der Waals surface area contributed by atoms with Crippen LogP contribution in [0, 0.1) is 0 Å². The van der Waals surface area contributed by atoms with E-state index in [2.05, 4.69) is 10.5 Å². The molecule has 0 atom stereocenters. The van der Waals surface area contributed by atoms with Crippen LogP contribution in [0.2, 0.25) is 0 Å². The van der Waals surface area contributed by atoms with E-state index in [4.69, 9.17) is 5.21 Å². The molecule has 0 aliphatic carbocycles. The first-order valence-electron chi connectivity index (χ1n) is 5.50. The number of hydroxylamine groups is 1. The zero-order chi connectivity index (χ0) is 13.2. The minimum atomic E-state index is -0.439. The van der Waals surface area contributed by atoms with E-state index in [1.54, 1.807) is 11.7 Å². The predicted molar refractivity (Wildman–Crippen MR) is 68.5 cm³/mol. The number of nitrogens with one attached hydrogen (secondary N) is 2. The Kier molecular flexibility index (Phi) is 6.67. The molecular weight excluding hydrogens is 254 g/mol. The number of carbonyl (C=O) groups excluding carboxylic acids is 2. The Morgan fingerprint density at radius 3 is 2.67 bits per heavy atom. The van der Waals surface area contributed by atoms with Gasteiger partial charge in [0.1, 0.15) is 0 Å². The van der Waals surface area contributed by atoms with Crippen LogP contribution < -0.4 is 10.9 Å². The Balaban J connectivity index is 2.09. The minimum absolute atomic E-state index is 0.188. The van der Waals surface area contributed by atoms with Gasteiger partial charge in [0.2, 0.25) is 11.8 Å². The van der Waals surface area contributed by atoms with Crippen LogP contribution in [-0.2, 0) is 9.59 Å². The van der Waals surface area contributed by atoms with Crippen LogP contribution in [0.15, 0.2) is 22.6 Å².